The predicted octanol–water partition coefficient (Wildman–Crippen LogP) is 4.56. The number of hydrogen-bond acceptors (Lipinski definition) is 1. The van der Waals surface area contributed by atoms with Gasteiger partial charge in [-0.3, -0.25) is 4.79 Å². The van der Waals surface area contributed by atoms with Crippen LogP contribution in [0.5, 0.6) is 0 Å². The van der Waals surface area contributed by atoms with E-state index in [0.717, 1.165) is 24.1 Å². The smallest absolute Gasteiger partial charge is 0.230 e. The maximum absolute atomic E-state index is 13.6. The van der Waals surface area contributed by atoms with Crippen LogP contribution in [0.1, 0.15) is 25.8 Å². The number of anilines is 1. The van der Waals surface area contributed by atoms with Crippen LogP contribution in [0.15, 0.2) is 48.5 Å². The number of carbonyl (C=O) groups is 1. The number of halogens is 2. The van der Waals surface area contributed by atoms with Gasteiger partial charge in [0.05, 0.1) is 5.69 Å². The van der Waals surface area contributed by atoms with Crippen molar-refractivity contribution in [3.8, 4) is 0 Å². The minimum Gasteiger partial charge on any atom is -0.323 e. The molecule has 0 bridgehead atoms. The van der Waals surface area contributed by atoms with Gasteiger partial charge in [0.15, 0.2) is 0 Å². The molecule has 0 spiro atoms. The SMILES string of the molecule is CC(C)(CCc1ccccc1)C(=O)Nc1ccc(F)cc1F.[Ti]. The van der Waals surface area contributed by atoms with E-state index < -0.39 is 17.0 Å². The minimum absolute atomic E-state index is 0. The van der Waals surface area contributed by atoms with Gasteiger partial charge in [-0.2, -0.15) is 0 Å². The summed E-state index contributed by atoms with van der Waals surface area (Å²) in [4.78, 5) is 12.3. The summed E-state index contributed by atoms with van der Waals surface area (Å²) in [5.74, 6) is -1.72. The molecule has 2 aromatic rings. The second-order valence-electron chi connectivity index (χ2n) is 5.95. The van der Waals surface area contributed by atoms with Crippen molar-refractivity contribution in [1.82, 2.24) is 0 Å². The van der Waals surface area contributed by atoms with Gasteiger partial charge in [0.2, 0.25) is 5.91 Å². The average molecular weight is 351 g/mol. The zero-order chi connectivity index (χ0) is 16.2. The molecule has 2 nitrogen and oxygen atoms in total. The number of carbonyl (C=O) groups excluding carboxylic acids is 1. The third-order valence-corrected chi connectivity index (χ3v) is 3.68. The summed E-state index contributed by atoms with van der Waals surface area (Å²) in [6.45, 7) is 3.62. The average Bonchev–Trinajstić information content (AvgIpc) is 2.49. The van der Waals surface area contributed by atoms with Gasteiger partial charge in [-0.05, 0) is 30.5 Å². The van der Waals surface area contributed by atoms with Gasteiger partial charge >= 0.3 is 0 Å². The fourth-order valence-electron chi connectivity index (χ4n) is 2.10. The van der Waals surface area contributed by atoms with Crippen LogP contribution >= 0.6 is 0 Å². The third kappa shape index (κ3) is 5.56. The van der Waals surface area contributed by atoms with E-state index in [0.29, 0.717) is 6.42 Å². The second-order valence-corrected chi connectivity index (χ2v) is 5.95. The third-order valence-electron chi connectivity index (χ3n) is 3.68. The summed E-state index contributed by atoms with van der Waals surface area (Å²) in [5, 5.41) is 2.53. The number of amides is 1. The molecule has 5 heteroatoms. The Morgan fingerprint density at radius 3 is 2.35 bits per heavy atom. The Labute approximate surface area is 150 Å². The zero-order valence-corrected chi connectivity index (χ0v) is 14.8. The van der Waals surface area contributed by atoms with Gasteiger partial charge in [-0.25, -0.2) is 8.78 Å². The zero-order valence-electron chi connectivity index (χ0n) is 13.2. The Kier molecular flexibility index (Phi) is 7.11. The first-order valence-corrected chi connectivity index (χ1v) is 7.19. The fraction of sp³-hybridized carbons (Fsp3) is 0.278. The molecule has 0 aromatic heterocycles. The number of benzene rings is 2. The van der Waals surface area contributed by atoms with Crippen molar-refractivity contribution >= 4 is 11.6 Å². The molecule has 0 saturated heterocycles. The molecular weight excluding hydrogens is 332 g/mol. The second kappa shape index (κ2) is 8.37. The van der Waals surface area contributed by atoms with Crippen molar-refractivity contribution in [2.75, 3.05) is 5.32 Å². The van der Waals surface area contributed by atoms with Crippen LogP contribution in [0, 0.1) is 17.0 Å². The van der Waals surface area contributed by atoms with Crippen LogP contribution < -0.4 is 5.32 Å². The van der Waals surface area contributed by atoms with Gasteiger partial charge in [0.25, 0.3) is 0 Å². The van der Waals surface area contributed by atoms with Gasteiger partial charge in [0.1, 0.15) is 11.6 Å². The van der Waals surface area contributed by atoms with E-state index in [2.05, 4.69) is 5.32 Å². The summed E-state index contributed by atoms with van der Waals surface area (Å²) in [6.07, 6.45) is 1.39. The first-order valence-electron chi connectivity index (χ1n) is 7.19. The van der Waals surface area contributed by atoms with E-state index >= 15 is 0 Å². The van der Waals surface area contributed by atoms with Gasteiger partial charge < -0.3 is 5.32 Å². The molecule has 0 saturated carbocycles. The molecule has 0 aliphatic carbocycles. The summed E-state index contributed by atoms with van der Waals surface area (Å²) >= 11 is 0. The monoisotopic (exact) mass is 351 g/mol. The van der Waals surface area contributed by atoms with Gasteiger partial charge in [0, 0.05) is 33.2 Å². The van der Waals surface area contributed by atoms with Crippen LogP contribution in [-0.2, 0) is 32.9 Å². The molecule has 2 rings (SSSR count). The van der Waals surface area contributed by atoms with Crippen LogP contribution in [-0.4, -0.2) is 5.91 Å². The quantitative estimate of drug-likeness (QED) is 0.786. The Morgan fingerprint density at radius 1 is 1.09 bits per heavy atom. The minimum atomic E-state index is -0.771. The number of nitrogens with one attached hydrogen (secondary N) is 1. The fourth-order valence-corrected chi connectivity index (χ4v) is 2.10. The molecule has 0 radical (unpaired) electrons. The standard InChI is InChI=1S/C18H19F2NO.Ti/c1-18(2,11-10-13-6-4-3-5-7-13)17(22)21-16-9-8-14(19)12-15(16)20;/h3-9,12H,10-11H2,1-2H3,(H,21,22);. The molecular formula is C18H19F2NOTi. The van der Waals surface area contributed by atoms with E-state index in [-0.39, 0.29) is 33.3 Å². The summed E-state index contributed by atoms with van der Waals surface area (Å²) in [5.41, 5.74) is 0.493. The van der Waals surface area contributed by atoms with Crippen molar-refractivity contribution in [2.45, 2.75) is 26.7 Å². The van der Waals surface area contributed by atoms with E-state index in [9.17, 15) is 13.6 Å². The molecule has 1 N–H and O–H groups in total. The summed E-state index contributed by atoms with van der Waals surface area (Å²) < 4.78 is 26.5. The molecule has 0 fully saturated rings. The Balaban J connectivity index is 0.00000264. The molecule has 0 atom stereocenters. The van der Waals surface area contributed by atoms with E-state index in [1.165, 1.54) is 6.07 Å². The first kappa shape index (κ1) is 19.5. The molecule has 2 aromatic carbocycles. The normalized spacial score (nSPS) is 10.8. The van der Waals surface area contributed by atoms with Gasteiger partial charge in [-0.15, -0.1) is 0 Å². The Hall–Kier alpha value is -1.52. The number of rotatable bonds is 5. The van der Waals surface area contributed by atoms with Crippen LogP contribution in [0.25, 0.3) is 0 Å². The maximum Gasteiger partial charge on any atom is 0.230 e. The van der Waals surface area contributed by atoms with Crippen LogP contribution in [0.4, 0.5) is 14.5 Å². The number of aryl methyl sites for hydroxylation is 1. The van der Waals surface area contributed by atoms with Crippen molar-refractivity contribution < 1.29 is 35.3 Å². The summed E-state index contributed by atoms with van der Waals surface area (Å²) in [6, 6.07) is 13.0. The first-order chi connectivity index (χ1) is 10.4. The molecule has 0 aliphatic rings. The maximum atomic E-state index is 13.6. The molecule has 0 aliphatic heterocycles. The number of hydrogen-bond donors (Lipinski definition) is 1. The largest absolute Gasteiger partial charge is 0.323 e. The van der Waals surface area contributed by atoms with Crippen molar-refractivity contribution in [1.29, 1.82) is 0 Å². The van der Waals surface area contributed by atoms with Crippen molar-refractivity contribution in [3.63, 3.8) is 0 Å². The molecule has 0 heterocycles. The van der Waals surface area contributed by atoms with Crippen LogP contribution in [0.3, 0.4) is 0 Å². The Bertz CT molecular complexity index is 659. The Morgan fingerprint density at radius 2 is 1.74 bits per heavy atom. The van der Waals surface area contributed by atoms with Crippen molar-refractivity contribution in [2.24, 2.45) is 5.41 Å². The van der Waals surface area contributed by atoms with Crippen molar-refractivity contribution in [3.05, 3.63) is 65.7 Å². The van der Waals surface area contributed by atoms with Gasteiger partial charge in [-0.1, -0.05) is 44.2 Å². The van der Waals surface area contributed by atoms with Crippen LogP contribution in [0.2, 0.25) is 0 Å². The predicted molar refractivity (Wildman–Crippen MR) is 83.5 cm³/mol. The molecule has 1 amide bonds. The van der Waals surface area contributed by atoms with E-state index in [1.54, 1.807) is 0 Å². The molecule has 120 valence electrons. The van der Waals surface area contributed by atoms with E-state index in [1.807, 2.05) is 44.2 Å². The molecule has 23 heavy (non-hydrogen) atoms. The summed E-state index contributed by atoms with van der Waals surface area (Å²) in [7, 11) is 0. The van der Waals surface area contributed by atoms with E-state index in [4.69, 9.17) is 0 Å². The molecule has 0 unspecified atom stereocenters. The topological polar surface area (TPSA) is 29.1 Å².